The molecule has 126 valence electrons. The fraction of sp³-hybridized carbons (Fsp3) is 0.353. The number of hydrogen-bond donors (Lipinski definition) is 0. The van der Waals surface area contributed by atoms with E-state index in [9.17, 15) is 14.4 Å². The molecule has 1 fully saturated rings. The number of Topliss-reactive ketones (excluding diaryl/α,β-unsaturated/α-hetero) is 1. The Kier molecular flexibility index (Phi) is 4.79. The Morgan fingerprint density at radius 3 is 2.00 bits per heavy atom. The molecule has 2 aromatic rings. The molecular weight excluding hydrogens is 312 g/mol. The van der Waals surface area contributed by atoms with Gasteiger partial charge in [0.1, 0.15) is 0 Å². The molecule has 0 bridgehead atoms. The number of rotatable bonds is 5. The summed E-state index contributed by atoms with van der Waals surface area (Å²) >= 11 is 0. The first-order chi connectivity index (χ1) is 11.6. The lowest BCUT2D eigenvalue weighted by molar-refractivity contribution is -0.132. The molecule has 0 atom stereocenters. The van der Waals surface area contributed by atoms with Gasteiger partial charge in [0, 0.05) is 39.0 Å². The van der Waals surface area contributed by atoms with E-state index in [4.69, 9.17) is 8.83 Å². The minimum atomic E-state index is -0.181. The Labute approximate surface area is 138 Å². The molecule has 7 nitrogen and oxygen atoms in total. The van der Waals surface area contributed by atoms with Gasteiger partial charge < -0.3 is 18.6 Å². The summed E-state index contributed by atoms with van der Waals surface area (Å²) in [6.07, 6.45) is 3.16. The predicted octanol–water partition coefficient (Wildman–Crippen LogP) is 1.82. The van der Waals surface area contributed by atoms with Gasteiger partial charge in [-0.05, 0) is 24.3 Å². The third-order valence-electron chi connectivity index (χ3n) is 4.01. The van der Waals surface area contributed by atoms with Crippen LogP contribution < -0.4 is 0 Å². The molecule has 3 heterocycles. The van der Waals surface area contributed by atoms with Crippen molar-refractivity contribution in [3.05, 3.63) is 48.3 Å². The van der Waals surface area contributed by atoms with Crippen LogP contribution in [0.2, 0.25) is 0 Å². The lowest BCUT2D eigenvalue weighted by Gasteiger charge is -2.34. The second-order valence-corrected chi connectivity index (χ2v) is 5.55. The molecule has 0 radical (unpaired) electrons. The minimum absolute atomic E-state index is 0.0833. The molecule has 0 N–H and O–H groups in total. The first kappa shape index (κ1) is 16.0. The predicted molar refractivity (Wildman–Crippen MR) is 83.5 cm³/mol. The highest BCUT2D eigenvalue weighted by atomic mass is 16.3. The zero-order valence-corrected chi connectivity index (χ0v) is 13.1. The van der Waals surface area contributed by atoms with E-state index in [1.54, 1.807) is 34.1 Å². The number of furan rings is 2. The lowest BCUT2D eigenvalue weighted by atomic mass is 10.1. The maximum atomic E-state index is 12.2. The number of amides is 2. The molecule has 0 aromatic carbocycles. The Hall–Kier alpha value is -2.83. The van der Waals surface area contributed by atoms with E-state index in [1.165, 1.54) is 12.5 Å². The maximum absolute atomic E-state index is 12.2. The smallest absolute Gasteiger partial charge is 0.289 e. The fourth-order valence-corrected chi connectivity index (χ4v) is 2.65. The molecule has 0 aliphatic carbocycles. The summed E-state index contributed by atoms with van der Waals surface area (Å²) in [7, 11) is 0. The zero-order chi connectivity index (χ0) is 16.9. The van der Waals surface area contributed by atoms with E-state index in [1.807, 2.05) is 0 Å². The number of nitrogens with zero attached hydrogens (tertiary/aromatic N) is 2. The third-order valence-corrected chi connectivity index (χ3v) is 4.01. The van der Waals surface area contributed by atoms with Crippen LogP contribution in [0.25, 0.3) is 0 Å². The summed E-state index contributed by atoms with van der Waals surface area (Å²) < 4.78 is 10.1. The SMILES string of the molecule is O=C(CCC(=O)N1CCN(C(=O)c2ccco2)CC1)c1ccco1. The van der Waals surface area contributed by atoms with Gasteiger partial charge in [-0.3, -0.25) is 14.4 Å². The van der Waals surface area contributed by atoms with Crippen LogP contribution in [0.3, 0.4) is 0 Å². The van der Waals surface area contributed by atoms with Gasteiger partial charge in [-0.1, -0.05) is 0 Å². The Balaban J connectivity index is 1.45. The average molecular weight is 330 g/mol. The summed E-state index contributed by atoms with van der Waals surface area (Å²) in [5, 5.41) is 0. The van der Waals surface area contributed by atoms with Gasteiger partial charge in [-0.25, -0.2) is 0 Å². The van der Waals surface area contributed by atoms with Gasteiger partial charge in [0.15, 0.2) is 17.3 Å². The van der Waals surface area contributed by atoms with Gasteiger partial charge in [0.2, 0.25) is 5.91 Å². The highest BCUT2D eigenvalue weighted by molar-refractivity contribution is 5.95. The third kappa shape index (κ3) is 3.56. The van der Waals surface area contributed by atoms with Gasteiger partial charge in [-0.15, -0.1) is 0 Å². The second-order valence-electron chi connectivity index (χ2n) is 5.55. The van der Waals surface area contributed by atoms with Crippen molar-refractivity contribution in [2.75, 3.05) is 26.2 Å². The summed E-state index contributed by atoms with van der Waals surface area (Å²) in [4.78, 5) is 39.5. The average Bonchev–Trinajstić information content (AvgIpc) is 3.32. The van der Waals surface area contributed by atoms with Crippen molar-refractivity contribution in [2.24, 2.45) is 0 Å². The first-order valence-electron chi connectivity index (χ1n) is 7.82. The van der Waals surface area contributed by atoms with E-state index in [0.717, 1.165) is 0 Å². The quantitative estimate of drug-likeness (QED) is 0.781. The lowest BCUT2D eigenvalue weighted by Crippen LogP contribution is -2.50. The molecule has 0 unspecified atom stereocenters. The molecule has 7 heteroatoms. The summed E-state index contributed by atoms with van der Waals surface area (Å²) in [6, 6.07) is 6.53. The molecule has 1 aliphatic heterocycles. The van der Waals surface area contributed by atoms with Crippen LogP contribution in [0.1, 0.15) is 34.0 Å². The monoisotopic (exact) mass is 330 g/mol. The number of piperazine rings is 1. The van der Waals surface area contributed by atoms with Crippen LogP contribution in [0.5, 0.6) is 0 Å². The van der Waals surface area contributed by atoms with Gasteiger partial charge in [0.05, 0.1) is 12.5 Å². The van der Waals surface area contributed by atoms with E-state index >= 15 is 0 Å². The largest absolute Gasteiger partial charge is 0.461 e. The molecular formula is C17H18N2O5. The van der Waals surface area contributed by atoms with Crippen LogP contribution in [0.15, 0.2) is 45.6 Å². The number of carbonyl (C=O) groups excluding carboxylic acids is 3. The van der Waals surface area contributed by atoms with E-state index < -0.39 is 0 Å². The molecule has 0 spiro atoms. The van der Waals surface area contributed by atoms with Crippen LogP contribution in [0.4, 0.5) is 0 Å². The van der Waals surface area contributed by atoms with E-state index in [-0.39, 0.29) is 36.2 Å². The number of carbonyl (C=O) groups is 3. The maximum Gasteiger partial charge on any atom is 0.289 e. The van der Waals surface area contributed by atoms with Crippen LogP contribution in [0, 0.1) is 0 Å². The second kappa shape index (κ2) is 7.16. The van der Waals surface area contributed by atoms with Crippen molar-refractivity contribution in [2.45, 2.75) is 12.8 Å². The summed E-state index contributed by atoms with van der Waals surface area (Å²) in [6.45, 7) is 1.83. The van der Waals surface area contributed by atoms with Crippen molar-refractivity contribution in [3.63, 3.8) is 0 Å². The molecule has 1 saturated heterocycles. The molecule has 0 saturated carbocycles. The van der Waals surface area contributed by atoms with Crippen molar-refractivity contribution < 1.29 is 23.2 Å². The Bertz CT molecular complexity index is 697. The standard InChI is InChI=1S/C17H18N2O5/c20-13(14-3-1-11-23-14)5-6-16(21)18-7-9-19(10-8-18)17(22)15-4-2-12-24-15/h1-4,11-12H,5-10H2. The topological polar surface area (TPSA) is 84.0 Å². The highest BCUT2D eigenvalue weighted by Gasteiger charge is 2.26. The number of hydrogen-bond acceptors (Lipinski definition) is 5. The van der Waals surface area contributed by atoms with Crippen LogP contribution >= 0.6 is 0 Å². The van der Waals surface area contributed by atoms with E-state index in [2.05, 4.69) is 0 Å². The minimum Gasteiger partial charge on any atom is -0.461 e. The Morgan fingerprint density at radius 2 is 1.42 bits per heavy atom. The first-order valence-corrected chi connectivity index (χ1v) is 7.82. The van der Waals surface area contributed by atoms with Gasteiger partial charge >= 0.3 is 0 Å². The van der Waals surface area contributed by atoms with Gasteiger partial charge in [-0.2, -0.15) is 0 Å². The summed E-state index contributed by atoms with van der Waals surface area (Å²) in [5.41, 5.74) is 0. The Morgan fingerprint density at radius 1 is 0.833 bits per heavy atom. The molecule has 2 aromatic heterocycles. The van der Waals surface area contributed by atoms with Crippen LogP contribution in [-0.4, -0.2) is 53.6 Å². The van der Waals surface area contributed by atoms with Crippen molar-refractivity contribution in [3.8, 4) is 0 Å². The molecule has 24 heavy (non-hydrogen) atoms. The van der Waals surface area contributed by atoms with Crippen molar-refractivity contribution >= 4 is 17.6 Å². The normalized spacial score (nSPS) is 14.7. The van der Waals surface area contributed by atoms with Gasteiger partial charge in [0.25, 0.3) is 5.91 Å². The molecule has 2 amide bonds. The van der Waals surface area contributed by atoms with Crippen molar-refractivity contribution in [1.29, 1.82) is 0 Å². The van der Waals surface area contributed by atoms with Crippen LogP contribution in [-0.2, 0) is 4.79 Å². The van der Waals surface area contributed by atoms with E-state index in [0.29, 0.717) is 31.9 Å². The number of ketones is 1. The fourth-order valence-electron chi connectivity index (χ4n) is 2.65. The highest BCUT2D eigenvalue weighted by Crippen LogP contribution is 2.12. The zero-order valence-electron chi connectivity index (χ0n) is 13.1. The molecule has 3 rings (SSSR count). The molecule has 1 aliphatic rings. The van der Waals surface area contributed by atoms with Crippen molar-refractivity contribution in [1.82, 2.24) is 9.80 Å². The summed E-state index contributed by atoms with van der Waals surface area (Å²) in [5.74, 6) is 0.149.